The number of hydrogen-bond acceptors (Lipinski definition) is 5. The number of carbonyl (C=O) groups is 2. The minimum atomic E-state index is -1.16. The lowest BCUT2D eigenvalue weighted by Gasteiger charge is -2.17. The first kappa shape index (κ1) is 19.7. The summed E-state index contributed by atoms with van der Waals surface area (Å²) in [6.45, 7) is 0.114. The summed E-state index contributed by atoms with van der Waals surface area (Å²) in [5, 5.41) is 22.5. The largest absolute Gasteiger partial charge is 0.480 e. The van der Waals surface area contributed by atoms with E-state index in [0.717, 1.165) is 22.3 Å². The Labute approximate surface area is 177 Å². The number of aliphatic carboxylic acids is 1. The van der Waals surface area contributed by atoms with Crippen molar-refractivity contribution >= 4 is 23.4 Å². The number of benzene rings is 2. The van der Waals surface area contributed by atoms with Crippen LogP contribution in [-0.2, 0) is 16.0 Å². The highest BCUT2D eigenvalue weighted by molar-refractivity contribution is 7.10. The van der Waals surface area contributed by atoms with Crippen LogP contribution in [0.2, 0.25) is 0 Å². The molecule has 1 aliphatic rings. The van der Waals surface area contributed by atoms with Gasteiger partial charge in [0.2, 0.25) is 0 Å². The molecule has 150 valence electrons. The molecule has 1 heterocycles. The van der Waals surface area contributed by atoms with E-state index in [-0.39, 0.29) is 18.9 Å². The molecule has 0 aliphatic heterocycles. The van der Waals surface area contributed by atoms with Crippen molar-refractivity contribution in [2.75, 3.05) is 6.61 Å². The first-order chi connectivity index (χ1) is 14.6. The van der Waals surface area contributed by atoms with Gasteiger partial charge in [0, 0.05) is 12.3 Å². The summed E-state index contributed by atoms with van der Waals surface area (Å²) < 4.78 is 5.42. The van der Waals surface area contributed by atoms with Crippen molar-refractivity contribution in [2.45, 2.75) is 18.4 Å². The van der Waals surface area contributed by atoms with Gasteiger partial charge in [-0.1, -0.05) is 48.5 Å². The van der Waals surface area contributed by atoms with Crippen molar-refractivity contribution in [2.24, 2.45) is 0 Å². The number of nitrogens with one attached hydrogen (secondary N) is 1. The van der Waals surface area contributed by atoms with Crippen LogP contribution >= 0.6 is 11.3 Å². The normalized spacial score (nSPS) is 13.0. The lowest BCUT2D eigenvalue weighted by molar-refractivity contribution is -0.139. The number of carboxylic acids is 1. The summed E-state index contributed by atoms with van der Waals surface area (Å²) in [6, 6.07) is 18.5. The Morgan fingerprint density at radius 3 is 2.33 bits per heavy atom. The Balaban J connectivity index is 1.43. The Kier molecular flexibility index (Phi) is 5.50. The number of fused-ring (bicyclic) bond motifs is 3. The molecule has 0 saturated carbocycles. The second kappa shape index (κ2) is 8.39. The van der Waals surface area contributed by atoms with Crippen molar-refractivity contribution in [1.82, 2.24) is 5.32 Å². The molecule has 4 rings (SSSR count). The summed E-state index contributed by atoms with van der Waals surface area (Å²) >= 11 is 1.24. The minimum Gasteiger partial charge on any atom is -0.480 e. The number of alkyl carbamates (subject to hydrolysis) is 1. The Hall–Kier alpha value is -3.63. The molecule has 7 heteroatoms. The molecule has 1 amide bonds. The van der Waals surface area contributed by atoms with Gasteiger partial charge in [0.25, 0.3) is 0 Å². The van der Waals surface area contributed by atoms with Crippen LogP contribution in [0, 0.1) is 11.3 Å². The standard InChI is InChI=1S/C23H18N2O4S/c24-11-15-9-14(13-30-15)10-21(22(26)27)25-23(28)29-12-20-18-7-3-1-5-16(18)17-6-2-4-8-19(17)20/h1-9,13,20-21H,10,12H2,(H,25,28)(H,26,27)/t21-/m0/s1. The van der Waals surface area contributed by atoms with E-state index in [2.05, 4.69) is 5.32 Å². The lowest BCUT2D eigenvalue weighted by atomic mass is 9.98. The van der Waals surface area contributed by atoms with Crippen molar-refractivity contribution in [1.29, 1.82) is 5.26 Å². The third-order valence-electron chi connectivity index (χ3n) is 5.14. The molecule has 6 nitrogen and oxygen atoms in total. The van der Waals surface area contributed by atoms with Crippen molar-refractivity contribution < 1.29 is 19.4 Å². The molecule has 2 N–H and O–H groups in total. The SMILES string of the molecule is N#Cc1cc(C[C@H](NC(=O)OCC2c3ccccc3-c3ccccc32)C(=O)O)cs1. The third-order valence-corrected chi connectivity index (χ3v) is 6.02. The summed E-state index contributed by atoms with van der Waals surface area (Å²) in [4.78, 5) is 24.4. The molecule has 30 heavy (non-hydrogen) atoms. The van der Waals surface area contributed by atoms with Gasteiger partial charge in [-0.05, 0) is 39.3 Å². The van der Waals surface area contributed by atoms with Crippen LogP contribution in [0.15, 0.2) is 60.0 Å². The van der Waals surface area contributed by atoms with Gasteiger partial charge in [-0.3, -0.25) is 0 Å². The Bertz CT molecular complexity index is 1100. The van der Waals surface area contributed by atoms with Gasteiger partial charge in [0.15, 0.2) is 0 Å². The molecule has 0 saturated heterocycles. The number of amides is 1. The molecule has 3 aromatic rings. The van der Waals surface area contributed by atoms with E-state index >= 15 is 0 Å². The molecule has 0 spiro atoms. The van der Waals surface area contributed by atoms with Gasteiger partial charge in [-0.25, -0.2) is 9.59 Å². The van der Waals surface area contributed by atoms with Crippen LogP contribution in [0.5, 0.6) is 0 Å². The fourth-order valence-electron chi connectivity index (χ4n) is 3.76. The van der Waals surface area contributed by atoms with Crippen LogP contribution in [-0.4, -0.2) is 29.8 Å². The number of nitrogens with zero attached hydrogens (tertiary/aromatic N) is 1. The number of rotatable bonds is 6. The van der Waals surface area contributed by atoms with Gasteiger partial charge >= 0.3 is 12.1 Å². The molecular weight excluding hydrogens is 400 g/mol. The number of thiophene rings is 1. The molecule has 1 aliphatic carbocycles. The highest BCUT2D eigenvalue weighted by Gasteiger charge is 2.29. The quantitative estimate of drug-likeness (QED) is 0.626. The van der Waals surface area contributed by atoms with Gasteiger partial charge in [-0.2, -0.15) is 5.26 Å². The van der Waals surface area contributed by atoms with E-state index < -0.39 is 18.1 Å². The number of carboxylic acid groups (broad SMARTS) is 1. The van der Waals surface area contributed by atoms with Gasteiger partial charge < -0.3 is 15.2 Å². The van der Waals surface area contributed by atoms with Gasteiger partial charge in [0.05, 0.1) is 0 Å². The van der Waals surface area contributed by atoms with Crippen molar-refractivity contribution in [3.05, 3.63) is 81.5 Å². The van der Waals surface area contributed by atoms with Crippen LogP contribution < -0.4 is 5.32 Å². The van der Waals surface area contributed by atoms with E-state index in [0.29, 0.717) is 10.4 Å². The summed E-state index contributed by atoms with van der Waals surface area (Å²) in [5.74, 6) is -1.25. The summed E-state index contributed by atoms with van der Waals surface area (Å²) in [7, 11) is 0. The van der Waals surface area contributed by atoms with Gasteiger partial charge in [-0.15, -0.1) is 11.3 Å². The fraction of sp³-hybridized carbons (Fsp3) is 0.174. The number of ether oxygens (including phenoxy) is 1. The molecular formula is C23H18N2O4S. The fourth-order valence-corrected chi connectivity index (χ4v) is 4.47. The van der Waals surface area contributed by atoms with Crippen LogP contribution in [0.4, 0.5) is 4.79 Å². The maximum Gasteiger partial charge on any atom is 0.407 e. The second-order valence-corrected chi connectivity index (χ2v) is 7.91. The molecule has 1 atom stereocenters. The topological polar surface area (TPSA) is 99.4 Å². The first-order valence-corrected chi connectivity index (χ1v) is 10.3. The predicted molar refractivity (Wildman–Crippen MR) is 112 cm³/mol. The number of carbonyl (C=O) groups excluding carboxylic acids is 1. The highest BCUT2D eigenvalue weighted by atomic mass is 32.1. The zero-order valence-corrected chi connectivity index (χ0v) is 16.7. The highest BCUT2D eigenvalue weighted by Crippen LogP contribution is 2.44. The van der Waals surface area contributed by atoms with Gasteiger partial charge in [0.1, 0.15) is 23.6 Å². The molecule has 0 bridgehead atoms. The van der Waals surface area contributed by atoms with E-state index in [1.807, 2.05) is 54.6 Å². The molecule has 0 radical (unpaired) electrons. The zero-order chi connectivity index (χ0) is 21.1. The average molecular weight is 418 g/mol. The summed E-state index contributed by atoms with van der Waals surface area (Å²) in [6.07, 6.45) is -0.697. The van der Waals surface area contributed by atoms with E-state index in [1.165, 1.54) is 11.3 Å². The molecule has 0 fully saturated rings. The molecule has 0 unspecified atom stereocenters. The van der Waals surface area contributed by atoms with Crippen LogP contribution in [0.3, 0.4) is 0 Å². The molecule has 1 aromatic heterocycles. The van der Waals surface area contributed by atoms with Crippen molar-refractivity contribution in [3.8, 4) is 17.2 Å². The average Bonchev–Trinajstić information content (AvgIpc) is 3.34. The maximum absolute atomic E-state index is 12.3. The molecule has 2 aromatic carbocycles. The monoisotopic (exact) mass is 418 g/mol. The van der Waals surface area contributed by atoms with Crippen LogP contribution in [0.1, 0.15) is 27.5 Å². The Morgan fingerprint density at radius 2 is 1.77 bits per heavy atom. The maximum atomic E-state index is 12.3. The Morgan fingerprint density at radius 1 is 1.13 bits per heavy atom. The minimum absolute atomic E-state index is 0.0811. The predicted octanol–water partition coefficient (Wildman–Crippen LogP) is 4.15. The number of nitriles is 1. The zero-order valence-electron chi connectivity index (χ0n) is 15.9. The third kappa shape index (κ3) is 3.91. The first-order valence-electron chi connectivity index (χ1n) is 9.38. The van der Waals surface area contributed by atoms with E-state index in [4.69, 9.17) is 10.00 Å². The smallest absolute Gasteiger partial charge is 0.407 e. The second-order valence-electron chi connectivity index (χ2n) is 7.00. The van der Waals surface area contributed by atoms with E-state index in [9.17, 15) is 14.7 Å². The van der Waals surface area contributed by atoms with Crippen molar-refractivity contribution in [3.63, 3.8) is 0 Å². The lowest BCUT2D eigenvalue weighted by Crippen LogP contribution is -2.42. The van der Waals surface area contributed by atoms with Crippen LogP contribution in [0.25, 0.3) is 11.1 Å². The summed E-state index contributed by atoms with van der Waals surface area (Å²) in [5.41, 5.74) is 5.10. The van der Waals surface area contributed by atoms with E-state index in [1.54, 1.807) is 11.4 Å². The number of hydrogen-bond donors (Lipinski definition) is 2.